The fourth-order valence-corrected chi connectivity index (χ4v) is 2.46. The van der Waals surface area contributed by atoms with E-state index in [-0.39, 0.29) is 5.91 Å². The van der Waals surface area contributed by atoms with Crippen LogP contribution in [0.15, 0.2) is 30.5 Å². The second-order valence-corrected chi connectivity index (χ2v) is 5.31. The van der Waals surface area contributed by atoms with Gasteiger partial charge in [-0.05, 0) is 18.1 Å². The molecule has 2 N–H and O–H groups in total. The van der Waals surface area contributed by atoms with Gasteiger partial charge in [0.2, 0.25) is 5.91 Å². The van der Waals surface area contributed by atoms with Gasteiger partial charge in [-0.25, -0.2) is 4.79 Å². The molecule has 5 nitrogen and oxygen atoms in total. The highest BCUT2D eigenvalue weighted by molar-refractivity contribution is 5.87. The van der Waals surface area contributed by atoms with Crippen molar-refractivity contribution in [1.82, 2.24) is 10.3 Å². The number of aromatic nitrogens is 1. The molecule has 118 valence electrons. The topological polar surface area (TPSA) is 71.2 Å². The van der Waals surface area contributed by atoms with E-state index in [1.807, 2.05) is 37.4 Å². The minimum Gasteiger partial charge on any atom is -0.467 e. The van der Waals surface area contributed by atoms with Gasteiger partial charge in [0, 0.05) is 29.9 Å². The Hall–Kier alpha value is -2.30. The highest BCUT2D eigenvalue weighted by Gasteiger charge is 2.22. The molecule has 2 rings (SSSR count). The molecular formula is C17H22N2O3. The molecule has 0 saturated carbocycles. The number of aromatic amines is 1. The average molecular weight is 302 g/mol. The number of fused-ring (bicyclic) bond motifs is 1. The maximum atomic E-state index is 11.9. The van der Waals surface area contributed by atoms with E-state index >= 15 is 0 Å². The van der Waals surface area contributed by atoms with Crippen LogP contribution in [-0.2, 0) is 20.7 Å². The molecule has 0 spiro atoms. The van der Waals surface area contributed by atoms with Crippen LogP contribution in [0.5, 0.6) is 0 Å². The first kappa shape index (κ1) is 16.1. The summed E-state index contributed by atoms with van der Waals surface area (Å²) in [6, 6.07) is 7.22. The molecule has 0 aliphatic heterocycles. The van der Waals surface area contributed by atoms with Gasteiger partial charge >= 0.3 is 5.97 Å². The molecule has 22 heavy (non-hydrogen) atoms. The van der Waals surface area contributed by atoms with E-state index in [4.69, 9.17) is 4.74 Å². The molecule has 0 aliphatic rings. The predicted molar refractivity (Wildman–Crippen MR) is 85.5 cm³/mol. The Morgan fingerprint density at radius 1 is 1.32 bits per heavy atom. The van der Waals surface area contributed by atoms with Crippen LogP contribution in [-0.4, -0.2) is 30.0 Å². The van der Waals surface area contributed by atoms with Crippen LogP contribution in [0.4, 0.5) is 0 Å². The summed E-state index contributed by atoms with van der Waals surface area (Å²) in [7, 11) is 1.34. The van der Waals surface area contributed by atoms with E-state index in [2.05, 4.69) is 10.3 Å². The number of carbonyl (C=O) groups excluding carboxylic acids is 2. The lowest BCUT2D eigenvalue weighted by atomic mass is 10.0. The van der Waals surface area contributed by atoms with Crippen LogP contribution >= 0.6 is 0 Å². The first-order chi connectivity index (χ1) is 10.7. The second kappa shape index (κ2) is 7.64. The molecule has 1 aromatic heterocycles. The third kappa shape index (κ3) is 3.87. The number of methoxy groups -OCH3 is 1. The summed E-state index contributed by atoms with van der Waals surface area (Å²) in [6.07, 6.45) is 4.47. The van der Waals surface area contributed by atoms with E-state index in [1.54, 1.807) is 0 Å². The van der Waals surface area contributed by atoms with E-state index < -0.39 is 12.0 Å². The molecule has 0 radical (unpaired) electrons. The smallest absolute Gasteiger partial charge is 0.328 e. The van der Waals surface area contributed by atoms with Crippen molar-refractivity contribution in [3.05, 3.63) is 36.0 Å². The minimum atomic E-state index is -0.659. The standard InChI is InChI=1S/C17H22N2O3/c1-3-4-9-16(20)19-15(17(21)22-2)10-12-11-18-14-8-6-5-7-13(12)14/h5-8,11,15,18H,3-4,9-10H2,1-2H3,(H,19,20). The van der Waals surface area contributed by atoms with Gasteiger partial charge in [-0.15, -0.1) is 0 Å². The fraction of sp³-hybridized carbons (Fsp3) is 0.412. The summed E-state index contributed by atoms with van der Waals surface area (Å²) in [5, 5.41) is 3.83. The van der Waals surface area contributed by atoms with Crippen LogP contribution in [0.3, 0.4) is 0 Å². The van der Waals surface area contributed by atoms with Gasteiger partial charge in [-0.1, -0.05) is 31.5 Å². The number of H-pyrrole nitrogens is 1. The quantitative estimate of drug-likeness (QED) is 0.772. The Morgan fingerprint density at radius 3 is 2.82 bits per heavy atom. The van der Waals surface area contributed by atoms with Crippen molar-refractivity contribution in [2.75, 3.05) is 7.11 Å². The number of carbonyl (C=O) groups is 2. The van der Waals surface area contributed by atoms with Crippen LogP contribution < -0.4 is 5.32 Å². The third-order valence-corrected chi connectivity index (χ3v) is 3.68. The summed E-state index contributed by atoms with van der Waals surface area (Å²) in [4.78, 5) is 27.0. The largest absolute Gasteiger partial charge is 0.467 e. The summed E-state index contributed by atoms with van der Waals surface area (Å²) < 4.78 is 4.81. The molecule has 0 bridgehead atoms. The zero-order valence-corrected chi connectivity index (χ0v) is 13.0. The van der Waals surface area contributed by atoms with Gasteiger partial charge in [-0.2, -0.15) is 0 Å². The zero-order valence-electron chi connectivity index (χ0n) is 13.0. The molecule has 1 unspecified atom stereocenters. The molecule has 1 amide bonds. The normalized spacial score (nSPS) is 12.1. The molecular weight excluding hydrogens is 280 g/mol. The van der Waals surface area contributed by atoms with Gasteiger partial charge in [-0.3, -0.25) is 4.79 Å². The van der Waals surface area contributed by atoms with Crippen molar-refractivity contribution in [3.63, 3.8) is 0 Å². The number of amides is 1. The summed E-state index contributed by atoms with van der Waals surface area (Å²) in [6.45, 7) is 2.02. The highest BCUT2D eigenvalue weighted by atomic mass is 16.5. The number of benzene rings is 1. The average Bonchev–Trinajstić information content (AvgIpc) is 2.94. The van der Waals surface area contributed by atoms with Crippen molar-refractivity contribution in [3.8, 4) is 0 Å². The van der Waals surface area contributed by atoms with Crippen LogP contribution in [0, 0.1) is 0 Å². The Morgan fingerprint density at radius 2 is 2.09 bits per heavy atom. The van der Waals surface area contributed by atoms with Gasteiger partial charge in [0.25, 0.3) is 0 Å². The Balaban J connectivity index is 2.12. The summed E-state index contributed by atoms with van der Waals surface area (Å²) in [5.74, 6) is -0.535. The van der Waals surface area contributed by atoms with Crippen LogP contribution in [0.2, 0.25) is 0 Å². The zero-order chi connectivity index (χ0) is 15.9. The van der Waals surface area contributed by atoms with E-state index in [0.717, 1.165) is 29.3 Å². The fourth-order valence-electron chi connectivity index (χ4n) is 2.46. The van der Waals surface area contributed by atoms with Crippen LogP contribution in [0.1, 0.15) is 31.7 Å². The maximum absolute atomic E-state index is 11.9. The SMILES string of the molecule is CCCCC(=O)NC(Cc1c[nH]c2ccccc12)C(=O)OC. The third-order valence-electron chi connectivity index (χ3n) is 3.68. The van der Waals surface area contributed by atoms with Gasteiger partial charge in [0.1, 0.15) is 6.04 Å². The minimum absolute atomic E-state index is 0.114. The Bertz CT molecular complexity index is 648. The predicted octanol–water partition coefficient (Wildman–Crippen LogP) is 2.56. The van der Waals surface area contributed by atoms with Crippen molar-refractivity contribution in [2.24, 2.45) is 0 Å². The van der Waals surface area contributed by atoms with E-state index in [0.29, 0.717) is 12.8 Å². The molecule has 1 atom stereocenters. The summed E-state index contributed by atoms with van der Waals surface area (Å²) in [5.41, 5.74) is 2.00. The van der Waals surface area contributed by atoms with Crippen molar-refractivity contribution in [1.29, 1.82) is 0 Å². The number of nitrogens with one attached hydrogen (secondary N) is 2. The first-order valence-electron chi connectivity index (χ1n) is 7.58. The number of hydrogen-bond acceptors (Lipinski definition) is 3. The molecule has 2 aromatic rings. The molecule has 0 saturated heterocycles. The molecule has 0 aliphatic carbocycles. The van der Waals surface area contributed by atoms with E-state index in [9.17, 15) is 9.59 Å². The van der Waals surface area contributed by atoms with E-state index in [1.165, 1.54) is 7.11 Å². The number of hydrogen-bond donors (Lipinski definition) is 2. The first-order valence-corrected chi connectivity index (χ1v) is 7.58. The molecule has 1 aromatic carbocycles. The lowest BCUT2D eigenvalue weighted by Gasteiger charge is -2.16. The number of ether oxygens (including phenoxy) is 1. The maximum Gasteiger partial charge on any atom is 0.328 e. The van der Waals surface area contributed by atoms with Crippen molar-refractivity contribution < 1.29 is 14.3 Å². The number of para-hydroxylation sites is 1. The van der Waals surface area contributed by atoms with Crippen molar-refractivity contribution >= 4 is 22.8 Å². The van der Waals surface area contributed by atoms with Gasteiger partial charge in [0.15, 0.2) is 0 Å². The monoisotopic (exact) mass is 302 g/mol. The van der Waals surface area contributed by atoms with Gasteiger partial charge in [0.05, 0.1) is 7.11 Å². The Labute approximate surface area is 130 Å². The lowest BCUT2D eigenvalue weighted by molar-refractivity contribution is -0.145. The number of unbranched alkanes of at least 4 members (excludes halogenated alkanes) is 1. The van der Waals surface area contributed by atoms with Gasteiger partial charge < -0.3 is 15.0 Å². The highest BCUT2D eigenvalue weighted by Crippen LogP contribution is 2.19. The number of esters is 1. The summed E-state index contributed by atoms with van der Waals surface area (Å²) >= 11 is 0. The molecule has 0 fully saturated rings. The molecule has 1 heterocycles. The second-order valence-electron chi connectivity index (χ2n) is 5.31. The lowest BCUT2D eigenvalue weighted by Crippen LogP contribution is -2.42. The van der Waals surface area contributed by atoms with Crippen LogP contribution in [0.25, 0.3) is 10.9 Å². The van der Waals surface area contributed by atoms with Crippen molar-refractivity contribution in [2.45, 2.75) is 38.6 Å². The Kier molecular flexibility index (Phi) is 5.58. The number of rotatable bonds is 7. The molecule has 5 heteroatoms.